The fourth-order valence-electron chi connectivity index (χ4n) is 1.88. The third-order valence-electron chi connectivity index (χ3n) is 2.83. The van der Waals surface area contributed by atoms with Crippen LogP contribution in [-0.2, 0) is 19.5 Å². The molecule has 0 atom stereocenters. The monoisotopic (exact) mass is 324 g/mol. The Labute approximate surface area is 120 Å². The van der Waals surface area contributed by atoms with Gasteiger partial charge < -0.3 is 11.1 Å². The third-order valence-corrected chi connectivity index (χ3v) is 4.53. The lowest BCUT2D eigenvalue weighted by Crippen LogP contribution is -2.17. The number of rotatable bonds is 6. The van der Waals surface area contributed by atoms with Gasteiger partial charge in [-0.25, -0.2) is 0 Å². The predicted octanol–water partition coefficient (Wildman–Crippen LogP) is 3.30. The van der Waals surface area contributed by atoms with Crippen molar-refractivity contribution in [2.75, 3.05) is 6.54 Å². The second kappa shape index (κ2) is 7.04. The summed E-state index contributed by atoms with van der Waals surface area (Å²) in [5.41, 5.74) is 8.32. The summed E-state index contributed by atoms with van der Waals surface area (Å²) < 4.78 is 1.16. The normalized spacial score (nSPS) is 10.8. The maximum Gasteiger partial charge on any atom is 0.0300 e. The smallest absolute Gasteiger partial charge is 0.0300 e. The van der Waals surface area contributed by atoms with Gasteiger partial charge in [-0.2, -0.15) is 0 Å². The highest BCUT2D eigenvalue weighted by Gasteiger charge is 2.00. The maximum absolute atomic E-state index is 5.72. The van der Waals surface area contributed by atoms with Crippen molar-refractivity contribution < 1.29 is 0 Å². The van der Waals surface area contributed by atoms with Gasteiger partial charge >= 0.3 is 0 Å². The Hall–Kier alpha value is -0.680. The molecule has 2 aromatic rings. The van der Waals surface area contributed by atoms with Crippen molar-refractivity contribution in [1.29, 1.82) is 0 Å². The molecule has 18 heavy (non-hydrogen) atoms. The van der Waals surface area contributed by atoms with Crippen LogP contribution in [0.1, 0.15) is 16.0 Å². The Morgan fingerprint density at radius 2 is 2.00 bits per heavy atom. The Kier molecular flexibility index (Phi) is 5.38. The molecule has 0 saturated heterocycles. The van der Waals surface area contributed by atoms with Crippen molar-refractivity contribution in [3.05, 3.63) is 56.2 Å². The summed E-state index contributed by atoms with van der Waals surface area (Å²) in [7, 11) is 0. The molecule has 1 heterocycles. The van der Waals surface area contributed by atoms with Crippen LogP contribution >= 0.6 is 27.3 Å². The molecular formula is C14H17BrN2S. The Balaban J connectivity index is 1.78. The number of nitrogens with one attached hydrogen (secondary N) is 1. The van der Waals surface area contributed by atoms with E-state index in [1.54, 1.807) is 11.3 Å². The minimum atomic E-state index is 0.619. The molecule has 0 unspecified atom stereocenters. The van der Waals surface area contributed by atoms with Crippen molar-refractivity contribution in [1.82, 2.24) is 5.32 Å². The van der Waals surface area contributed by atoms with Crippen LogP contribution in [0.25, 0.3) is 0 Å². The molecule has 2 rings (SSSR count). The SMILES string of the molecule is NCc1ccccc1CCNCc1cc(Br)cs1. The molecule has 0 spiro atoms. The fourth-order valence-corrected chi connectivity index (χ4v) is 3.30. The van der Waals surface area contributed by atoms with Crippen molar-refractivity contribution >= 4 is 27.3 Å². The summed E-state index contributed by atoms with van der Waals surface area (Å²) in [6.07, 6.45) is 1.03. The van der Waals surface area contributed by atoms with Gasteiger partial charge in [0.1, 0.15) is 0 Å². The number of hydrogen-bond donors (Lipinski definition) is 2. The van der Waals surface area contributed by atoms with Gasteiger partial charge in [0.15, 0.2) is 0 Å². The van der Waals surface area contributed by atoms with Gasteiger partial charge in [-0.15, -0.1) is 11.3 Å². The molecule has 0 amide bonds. The molecule has 96 valence electrons. The average molecular weight is 325 g/mol. The van der Waals surface area contributed by atoms with Crippen LogP contribution in [0.15, 0.2) is 40.2 Å². The molecule has 1 aromatic carbocycles. The topological polar surface area (TPSA) is 38.0 Å². The van der Waals surface area contributed by atoms with Crippen LogP contribution < -0.4 is 11.1 Å². The van der Waals surface area contributed by atoms with Gasteiger partial charge in [-0.3, -0.25) is 0 Å². The van der Waals surface area contributed by atoms with Gasteiger partial charge in [0.05, 0.1) is 0 Å². The van der Waals surface area contributed by atoms with Crippen LogP contribution in [0.3, 0.4) is 0 Å². The van der Waals surface area contributed by atoms with Crippen molar-refractivity contribution in [3.63, 3.8) is 0 Å². The molecule has 0 saturated carbocycles. The summed E-state index contributed by atoms with van der Waals surface area (Å²) >= 11 is 5.24. The lowest BCUT2D eigenvalue weighted by Gasteiger charge is -2.08. The van der Waals surface area contributed by atoms with E-state index in [0.717, 1.165) is 24.0 Å². The Bertz CT molecular complexity index is 496. The molecular weight excluding hydrogens is 308 g/mol. The summed E-state index contributed by atoms with van der Waals surface area (Å²) in [6.45, 7) is 2.53. The minimum Gasteiger partial charge on any atom is -0.326 e. The molecule has 4 heteroatoms. The number of hydrogen-bond acceptors (Lipinski definition) is 3. The second-order valence-corrected chi connectivity index (χ2v) is 6.04. The van der Waals surface area contributed by atoms with Gasteiger partial charge in [0.2, 0.25) is 0 Å². The van der Waals surface area contributed by atoms with Crippen LogP contribution in [0.4, 0.5) is 0 Å². The first-order valence-corrected chi connectivity index (χ1v) is 7.67. The average Bonchev–Trinajstić information content (AvgIpc) is 2.81. The molecule has 1 aromatic heterocycles. The minimum absolute atomic E-state index is 0.619. The third kappa shape index (κ3) is 3.92. The van der Waals surface area contributed by atoms with Crippen molar-refractivity contribution in [2.45, 2.75) is 19.5 Å². The number of nitrogens with two attached hydrogens (primary N) is 1. The second-order valence-electron chi connectivity index (χ2n) is 4.13. The van der Waals surface area contributed by atoms with E-state index >= 15 is 0 Å². The number of halogens is 1. The highest BCUT2D eigenvalue weighted by Crippen LogP contribution is 2.19. The summed E-state index contributed by atoms with van der Waals surface area (Å²) in [5, 5.41) is 5.58. The van der Waals surface area contributed by atoms with Gasteiger partial charge in [0, 0.05) is 27.8 Å². The van der Waals surface area contributed by atoms with E-state index in [4.69, 9.17) is 5.73 Å². The quantitative estimate of drug-likeness (QED) is 0.800. The summed E-state index contributed by atoms with van der Waals surface area (Å²) in [6, 6.07) is 10.5. The Morgan fingerprint density at radius 3 is 2.67 bits per heavy atom. The number of thiophene rings is 1. The van der Waals surface area contributed by atoms with Gasteiger partial charge in [-0.05, 0) is 46.1 Å². The maximum atomic E-state index is 5.72. The van der Waals surface area contributed by atoms with E-state index < -0.39 is 0 Å². The molecule has 0 bridgehead atoms. The van der Waals surface area contributed by atoms with Crippen molar-refractivity contribution in [3.8, 4) is 0 Å². The lowest BCUT2D eigenvalue weighted by molar-refractivity contribution is 0.690. The summed E-state index contributed by atoms with van der Waals surface area (Å²) in [5.74, 6) is 0. The van der Waals surface area contributed by atoms with E-state index in [0.29, 0.717) is 6.54 Å². The molecule has 0 aliphatic rings. The summed E-state index contributed by atoms with van der Waals surface area (Å²) in [4.78, 5) is 1.36. The van der Waals surface area contributed by atoms with E-state index in [2.05, 4.69) is 50.9 Å². The zero-order valence-corrected chi connectivity index (χ0v) is 12.6. The lowest BCUT2D eigenvalue weighted by atomic mass is 10.0. The van der Waals surface area contributed by atoms with E-state index in [-0.39, 0.29) is 0 Å². The molecule has 2 nitrogen and oxygen atoms in total. The first kappa shape index (κ1) is 13.7. The van der Waals surface area contributed by atoms with E-state index in [1.165, 1.54) is 16.0 Å². The van der Waals surface area contributed by atoms with Crippen LogP contribution in [-0.4, -0.2) is 6.54 Å². The Morgan fingerprint density at radius 1 is 1.22 bits per heavy atom. The zero-order valence-electron chi connectivity index (χ0n) is 10.2. The standard InChI is InChI=1S/C14H17BrN2S/c15-13-7-14(18-10-13)9-17-6-5-11-3-1-2-4-12(11)8-16/h1-4,7,10,17H,5-6,8-9,16H2. The fraction of sp³-hybridized carbons (Fsp3) is 0.286. The molecule has 3 N–H and O–H groups in total. The number of benzene rings is 1. The highest BCUT2D eigenvalue weighted by molar-refractivity contribution is 9.10. The molecule has 0 aliphatic carbocycles. The zero-order chi connectivity index (χ0) is 12.8. The molecule has 0 radical (unpaired) electrons. The van der Waals surface area contributed by atoms with Crippen LogP contribution in [0, 0.1) is 0 Å². The predicted molar refractivity (Wildman–Crippen MR) is 81.8 cm³/mol. The van der Waals surface area contributed by atoms with E-state index in [9.17, 15) is 0 Å². The van der Waals surface area contributed by atoms with E-state index in [1.807, 2.05) is 6.07 Å². The van der Waals surface area contributed by atoms with Gasteiger partial charge in [0.25, 0.3) is 0 Å². The van der Waals surface area contributed by atoms with Crippen molar-refractivity contribution in [2.24, 2.45) is 5.73 Å². The largest absolute Gasteiger partial charge is 0.326 e. The molecule has 0 aliphatic heterocycles. The first-order chi connectivity index (χ1) is 8.79. The highest BCUT2D eigenvalue weighted by atomic mass is 79.9. The van der Waals surface area contributed by atoms with Crippen LogP contribution in [0.2, 0.25) is 0 Å². The van der Waals surface area contributed by atoms with Gasteiger partial charge in [-0.1, -0.05) is 24.3 Å². The first-order valence-electron chi connectivity index (χ1n) is 6.00. The molecule has 0 fully saturated rings. The van der Waals surface area contributed by atoms with Crippen LogP contribution in [0.5, 0.6) is 0 Å².